The van der Waals surface area contributed by atoms with Crippen LogP contribution >= 0.6 is 0 Å². The van der Waals surface area contributed by atoms with E-state index >= 15 is 0 Å². The highest BCUT2D eigenvalue weighted by Crippen LogP contribution is 2.33. The molecule has 1 saturated heterocycles. The molecular weight excluding hydrogens is 386 g/mol. The number of anilines is 1. The van der Waals surface area contributed by atoms with Gasteiger partial charge in [-0.3, -0.25) is 4.31 Å². The first-order valence-electron chi connectivity index (χ1n) is 8.59. The number of para-hydroxylation sites is 1. The van der Waals surface area contributed by atoms with E-state index in [1.54, 1.807) is 49.4 Å². The number of hydrogen-bond acceptors (Lipinski definition) is 5. The van der Waals surface area contributed by atoms with Gasteiger partial charge in [0.15, 0.2) is 9.84 Å². The summed E-state index contributed by atoms with van der Waals surface area (Å²) in [6, 6.07) is 10.7. The van der Waals surface area contributed by atoms with Gasteiger partial charge in [0.2, 0.25) is 0 Å². The lowest BCUT2D eigenvalue weighted by atomic mass is 10.1. The lowest BCUT2D eigenvalue weighted by Crippen LogP contribution is -2.47. The molecule has 0 aliphatic carbocycles. The van der Waals surface area contributed by atoms with E-state index in [2.05, 4.69) is 0 Å². The van der Waals surface area contributed by atoms with Gasteiger partial charge < -0.3 is 5.11 Å². The smallest absolute Gasteiger partial charge is 0.264 e. The summed E-state index contributed by atoms with van der Waals surface area (Å²) in [7, 11) is -7.60. The standard InChI is InChI=1S/C19H23NO5S2/c1-13-9-15(3)19(10-14(13)2)27(24,25)20(16-7-5-4-6-8-16)17-11-26(22,23)12-18(17)21/h4-10,17-18,21H,11-12H2,1-3H3/t17-,18+/m0/s1. The molecule has 0 spiro atoms. The predicted molar refractivity (Wildman–Crippen MR) is 105 cm³/mol. The summed E-state index contributed by atoms with van der Waals surface area (Å²) in [5, 5.41) is 10.3. The number of sulfonamides is 1. The van der Waals surface area contributed by atoms with E-state index in [1.807, 2.05) is 13.8 Å². The fourth-order valence-electron chi connectivity index (χ4n) is 3.44. The van der Waals surface area contributed by atoms with Crippen molar-refractivity contribution in [3.63, 3.8) is 0 Å². The molecule has 2 atom stereocenters. The summed E-state index contributed by atoms with van der Waals surface area (Å²) in [5.41, 5.74) is 2.71. The van der Waals surface area contributed by atoms with Gasteiger partial charge in [0, 0.05) is 0 Å². The number of aliphatic hydroxyl groups excluding tert-OH is 1. The molecule has 1 fully saturated rings. The van der Waals surface area contributed by atoms with Crippen LogP contribution in [0.2, 0.25) is 0 Å². The van der Waals surface area contributed by atoms with Gasteiger partial charge in [-0.1, -0.05) is 24.3 Å². The zero-order valence-corrected chi connectivity index (χ0v) is 17.1. The van der Waals surface area contributed by atoms with Crippen LogP contribution in [-0.4, -0.2) is 45.6 Å². The van der Waals surface area contributed by atoms with Gasteiger partial charge in [0.1, 0.15) is 0 Å². The third-order valence-corrected chi connectivity index (χ3v) is 8.63. The summed E-state index contributed by atoms with van der Waals surface area (Å²) in [6.45, 7) is 5.45. The number of benzene rings is 2. The third-order valence-electron chi connectivity index (χ3n) is 4.93. The molecule has 2 aromatic rings. The van der Waals surface area contributed by atoms with Gasteiger partial charge in [-0.05, 0) is 55.7 Å². The average molecular weight is 410 g/mol. The highest BCUT2D eigenvalue weighted by Gasteiger charge is 2.45. The van der Waals surface area contributed by atoms with Crippen molar-refractivity contribution in [1.29, 1.82) is 0 Å². The summed E-state index contributed by atoms with van der Waals surface area (Å²) < 4.78 is 52.3. The highest BCUT2D eigenvalue weighted by molar-refractivity contribution is 7.93. The van der Waals surface area contributed by atoms with Crippen LogP contribution in [0.15, 0.2) is 47.4 Å². The second kappa shape index (κ2) is 6.92. The molecular formula is C19H23NO5S2. The third kappa shape index (κ3) is 3.74. The fourth-order valence-corrected chi connectivity index (χ4v) is 7.27. The molecule has 2 aromatic carbocycles. The van der Waals surface area contributed by atoms with Crippen molar-refractivity contribution in [3.05, 3.63) is 59.2 Å². The zero-order chi connectivity index (χ0) is 20.0. The molecule has 8 heteroatoms. The van der Waals surface area contributed by atoms with Crippen LogP contribution in [-0.2, 0) is 19.9 Å². The Morgan fingerprint density at radius 1 is 0.963 bits per heavy atom. The Balaban J connectivity index is 2.21. The molecule has 1 aliphatic heterocycles. The Hall–Kier alpha value is -1.90. The Bertz CT molecular complexity index is 1060. The topological polar surface area (TPSA) is 91.8 Å². The molecule has 1 aliphatic rings. The monoisotopic (exact) mass is 409 g/mol. The van der Waals surface area contributed by atoms with Crippen molar-refractivity contribution < 1.29 is 21.9 Å². The molecule has 0 amide bonds. The van der Waals surface area contributed by atoms with E-state index in [1.165, 1.54) is 0 Å². The molecule has 146 valence electrons. The van der Waals surface area contributed by atoms with Crippen molar-refractivity contribution in [1.82, 2.24) is 0 Å². The molecule has 1 heterocycles. The van der Waals surface area contributed by atoms with Crippen LogP contribution in [0, 0.1) is 20.8 Å². The van der Waals surface area contributed by atoms with Gasteiger partial charge in [0.05, 0.1) is 34.2 Å². The molecule has 0 unspecified atom stereocenters. The van der Waals surface area contributed by atoms with Crippen LogP contribution in [0.3, 0.4) is 0 Å². The Kier molecular flexibility index (Phi) is 5.09. The van der Waals surface area contributed by atoms with Gasteiger partial charge >= 0.3 is 0 Å². The minimum atomic E-state index is -4.08. The summed E-state index contributed by atoms with van der Waals surface area (Å²) in [6.07, 6.45) is -1.28. The second-order valence-electron chi connectivity index (χ2n) is 7.05. The van der Waals surface area contributed by atoms with E-state index in [9.17, 15) is 21.9 Å². The summed E-state index contributed by atoms with van der Waals surface area (Å²) >= 11 is 0. The number of sulfone groups is 1. The number of nitrogens with zero attached hydrogens (tertiary/aromatic N) is 1. The fraction of sp³-hybridized carbons (Fsp3) is 0.368. The van der Waals surface area contributed by atoms with E-state index < -0.39 is 43.5 Å². The maximum atomic E-state index is 13.6. The molecule has 0 radical (unpaired) electrons. The first-order valence-corrected chi connectivity index (χ1v) is 11.8. The van der Waals surface area contributed by atoms with Crippen molar-refractivity contribution in [2.75, 3.05) is 15.8 Å². The van der Waals surface area contributed by atoms with Crippen LogP contribution in [0.5, 0.6) is 0 Å². The average Bonchev–Trinajstić information content (AvgIpc) is 2.84. The van der Waals surface area contributed by atoms with E-state index in [4.69, 9.17) is 0 Å². The van der Waals surface area contributed by atoms with Gasteiger partial charge in [-0.15, -0.1) is 0 Å². The largest absolute Gasteiger partial charge is 0.390 e. The predicted octanol–water partition coefficient (Wildman–Crippen LogP) is 1.97. The van der Waals surface area contributed by atoms with E-state index in [-0.39, 0.29) is 4.90 Å². The highest BCUT2D eigenvalue weighted by atomic mass is 32.2. The molecule has 0 aromatic heterocycles. The minimum Gasteiger partial charge on any atom is -0.390 e. The molecule has 27 heavy (non-hydrogen) atoms. The van der Waals surface area contributed by atoms with Crippen LogP contribution in [0.1, 0.15) is 16.7 Å². The van der Waals surface area contributed by atoms with Gasteiger partial charge in [-0.2, -0.15) is 0 Å². The SMILES string of the molecule is Cc1cc(C)c(S(=O)(=O)N(c2ccccc2)[C@H]2CS(=O)(=O)C[C@H]2O)cc1C. The lowest BCUT2D eigenvalue weighted by Gasteiger charge is -2.32. The molecule has 6 nitrogen and oxygen atoms in total. The molecule has 0 bridgehead atoms. The first-order chi connectivity index (χ1) is 12.5. The minimum absolute atomic E-state index is 0.117. The van der Waals surface area contributed by atoms with Crippen LogP contribution in [0.4, 0.5) is 5.69 Å². The molecule has 1 N–H and O–H groups in total. The van der Waals surface area contributed by atoms with Crippen molar-refractivity contribution in [2.24, 2.45) is 0 Å². The first kappa shape index (κ1) is 19.9. The number of aryl methyl sites for hydroxylation is 3. The Morgan fingerprint density at radius 2 is 1.56 bits per heavy atom. The van der Waals surface area contributed by atoms with Crippen molar-refractivity contribution in [3.8, 4) is 0 Å². The zero-order valence-electron chi connectivity index (χ0n) is 15.5. The Labute approximate surface area is 160 Å². The van der Waals surface area contributed by atoms with Crippen LogP contribution < -0.4 is 4.31 Å². The van der Waals surface area contributed by atoms with Crippen molar-refractivity contribution >= 4 is 25.5 Å². The number of aliphatic hydroxyl groups is 1. The maximum absolute atomic E-state index is 13.6. The normalized spacial score (nSPS) is 21.9. The number of hydrogen-bond donors (Lipinski definition) is 1. The van der Waals surface area contributed by atoms with Crippen molar-refractivity contribution in [2.45, 2.75) is 37.8 Å². The maximum Gasteiger partial charge on any atom is 0.264 e. The number of rotatable bonds is 4. The molecule has 3 rings (SSSR count). The molecule has 0 saturated carbocycles. The second-order valence-corrected chi connectivity index (χ2v) is 11.0. The lowest BCUT2D eigenvalue weighted by molar-refractivity contribution is 0.184. The van der Waals surface area contributed by atoms with Gasteiger partial charge in [0.25, 0.3) is 10.0 Å². The van der Waals surface area contributed by atoms with Crippen LogP contribution in [0.25, 0.3) is 0 Å². The van der Waals surface area contributed by atoms with E-state index in [0.717, 1.165) is 15.4 Å². The van der Waals surface area contributed by atoms with Gasteiger partial charge in [-0.25, -0.2) is 16.8 Å². The quantitative estimate of drug-likeness (QED) is 0.834. The summed E-state index contributed by atoms with van der Waals surface area (Å²) in [4.78, 5) is 0.117. The summed E-state index contributed by atoms with van der Waals surface area (Å²) in [5.74, 6) is -0.853. The Morgan fingerprint density at radius 3 is 2.11 bits per heavy atom. The van der Waals surface area contributed by atoms with E-state index in [0.29, 0.717) is 11.3 Å².